The third-order valence-electron chi connectivity index (χ3n) is 6.00. The van der Waals surface area contributed by atoms with Gasteiger partial charge in [0.2, 0.25) is 0 Å². The fourth-order valence-corrected chi connectivity index (χ4v) is 8.42. The molecule has 13 nitrogen and oxygen atoms in total. The smallest absolute Gasteiger partial charge is 0.398 e. The fraction of sp³-hybridized carbons (Fsp3) is 0.111. The SMILES string of the molecule is CSC1SC(C(=N)N)=CC1=[N+](OSc1cccc(-c2c(C)cc(N=C(N)N)cc2N)c1)S(=O)(=O)c1cccc(NC(N)=O)c1. The van der Waals surface area contributed by atoms with E-state index in [9.17, 15) is 13.2 Å². The van der Waals surface area contributed by atoms with Crippen LogP contribution in [0.3, 0.4) is 0 Å². The lowest BCUT2D eigenvalue weighted by Gasteiger charge is -2.12. The van der Waals surface area contributed by atoms with Crippen LogP contribution in [-0.4, -0.2) is 46.9 Å². The van der Waals surface area contributed by atoms with Crippen LogP contribution in [0.2, 0.25) is 0 Å². The minimum atomic E-state index is -4.37. The number of carbonyl (C=O) groups excluding carboxylic acids is 1. The summed E-state index contributed by atoms with van der Waals surface area (Å²) in [6.07, 6.45) is 3.31. The van der Waals surface area contributed by atoms with Crippen molar-refractivity contribution in [3.05, 3.63) is 77.2 Å². The lowest BCUT2D eigenvalue weighted by Crippen LogP contribution is -2.29. The van der Waals surface area contributed by atoms with Crippen molar-refractivity contribution in [3.63, 3.8) is 0 Å². The van der Waals surface area contributed by atoms with Gasteiger partial charge in [-0.1, -0.05) is 30.0 Å². The summed E-state index contributed by atoms with van der Waals surface area (Å²) >= 11 is 3.41. The van der Waals surface area contributed by atoms with E-state index in [0.29, 0.717) is 21.2 Å². The number of nitrogens with zero attached hydrogens (tertiary/aromatic N) is 2. The van der Waals surface area contributed by atoms with Crippen LogP contribution in [0.25, 0.3) is 11.1 Å². The van der Waals surface area contributed by atoms with Crippen LogP contribution in [0.5, 0.6) is 0 Å². The van der Waals surface area contributed by atoms with Crippen molar-refractivity contribution in [2.45, 2.75) is 21.3 Å². The largest absolute Gasteiger partial charge is 0.440 e. The van der Waals surface area contributed by atoms with Gasteiger partial charge in [0.1, 0.15) is 19.5 Å². The van der Waals surface area contributed by atoms with Crippen LogP contribution in [0, 0.1) is 12.3 Å². The highest BCUT2D eigenvalue weighted by Gasteiger charge is 2.42. The van der Waals surface area contributed by atoms with Gasteiger partial charge in [0.05, 0.1) is 15.5 Å². The number of amidine groups is 1. The van der Waals surface area contributed by atoms with E-state index in [4.69, 9.17) is 38.4 Å². The molecule has 1 unspecified atom stereocenters. The van der Waals surface area contributed by atoms with Gasteiger partial charge in [-0.3, -0.25) is 5.41 Å². The average Bonchev–Trinajstić information content (AvgIpc) is 3.37. The molecule has 0 bridgehead atoms. The van der Waals surface area contributed by atoms with Crippen LogP contribution >= 0.6 is 35.6 Å². The number of carbonyl (C=O) groups is 1. The molecule has 0 aromatic heterocycles. The predicted octanol–water partition coefficient (Wildman–Crippen LogP) is 3.68. The molecule has 44 heavy (non-hydrogen) atoms. The molecule has 0 aliphatic carbocycles. The Labute approximate surface area is 267 Å². The zero-order valence-electron chi connectivity index (χ0n) is 23.5. The van der Waals surface area contributed by atoms with Gasteiger partial charge in [0.15, 0.2) is 18.0 Å². The normalized spacial score (nSPS) is 15.7. The van der Waals surface area contributed by atoms with Gasteiger partial charge < -0.3 is 34.0 Å². The first-order valence-electron chi connectivity index (χ1n) is 12.6. The number of allylic oxidation sites excluding steroid dienone is 1. The Bertz CT molecular complexity index is 1820. The molecule has 1 heterocycles. The van der Waals surface area contributed by atoms with Crippen molar-refractivity contribution < 1.29 is 21.6 Å². The summed E-state index contributed by atoms with van der Waals surface area (Å²) in [5.74, 6) is -0.289. The lowest BCUT2D eigenvalue weighted by atomic mass is 9.98. The number of urea groups is 1. The van der Waals surface area contributed by atoms with E-state index in [-0.39, 0.29) is 28.1 Å². The van der Waals surface area contributed by atoms with E-state index in [0.717, 1.165) is 32.9 Å². The Morgan fingerprint density at radius 2 is 1.82 bits per heavy atom. The molecule has 12 N–H and O–H groups in total. The number of nitrogen functional groups attached to an aromatic ring is 1. The van der Waals surface area contributed by atoms with Gasteiger partial charge >= 0.3 is 16.1 Å². The number of aliphatic imine (C=N–C) groups is 1. The second-order valence-electron chi connectivity index (χ2n) is 9.23. The van der Waals surface area contributed by atoms with Gasteiger partial charge in [-0.05, 0) is 66.8 Å². The molecule has 230 valence electrons. The highest BCUT2D eigenvalue weighted by atomic mass is 32.2. The first-order valence-corrected chi connectivity index (χ1v) is 16.9. The Morgan fingerprint density at radius 3 is 2.45 bits per heavy atom. The van der Waals surface area contributed by atoms with Crippen molar-refractivity contribution in [3.8, 4) is 11.1 Å². The molecule has 0 saturated heterocycles. The minimum absolute atomic E-state index is 0.0880. The van der Waals surface area contributed by atoms with Gasteiger partial charge in [-0.15, -0.1) is 11.8 Å². The standard InChI is InChI=1S/C27H29N9O4S4/c1-14-9-17(34-26(31)32)12-20(28)23(14)15-5-3-7-18(10-15)43-40-36(21-13-22(24(29)30)42-25(21)41-2)44(38,39)19-8-4-6-16(11-19)35-27(33)37/h3-13,25H,28H2,1-2H3,(H9-,29,30,31,32,33,34,35,37)/p+1. The van der Waals surface area contributed by atoms with E-state index >= 15 is 0 Å². The summed E-state index contributed by atoms with van der Waals surface area (Å²) in [6, 6.07) is 15.4. The number of hydrogen-bond acceptors (Lipinski definition) is 10. The lowest BCUT2D eigenvalue weighted by molar-refractivity contribution is -0.617. The summed E-state index contributed by atoms with van der Waals surface area (Å²) in [5, 5.41) is 10.3. The van der Waals surface area contributed by atoms with Crippen molar-refractivity contribution >= 4 is 86.2 Å². The number of rotatable bonds is 10. The van der Waals surface area contributed by atoms with Crippen LogP contribution in [-0.2, 0) is 14.3 Å². The quantitative estimate of drug-likeness (QED) is 0.0409. The highest BCUT2D eigenvalue weighted by molar-refractivity contribution is 8.20. The third-order valence-corrected chi connectivity index (χ3v) is 10.9. The summed E-state index contributed by atoms with van der Waals surface area (Å²) in [6.45, 7) is 1.87. The third kappa shape index (κ3) is 7.42. The maximum atomic E-state index is 14.0. The fourth-order valence-electron chi connectivity index (χ4n) is 4.24. The molecule has 17 heteroatoms. The highest BCUT2D eigenvalue weighted by Crippen LogP contribution is 2.39. The maximum absolute atomic E-state index is 14.0. The zero-order valence-corrected chi connectivity index (χ0v) is 26.7. The minimum Gasteiger partial charge on any atom is -0.398 e. The monoisotopic (exact) mass is 672 g/mol. The molecule has 2 amide bonds. The molecule has 4 rings (SSSR count). The van der Waals surface area contributed by atoms with Crippen LogP contribution in [0.4, 0.5) is 21.9 Å². The van der Waals surface area contributed by atoms with E-state index in [1.165, 1.54) is 53.9 Å². The van der Waals surface area contributed by atoms with E-state index < -0.39 is 20.6 Å². The molecule has 1 atom stereocenters. The molecule has 3 aromatic carbocycles. The Balaban J connectivity index is 1.76. The van der Waals surface area contributed by atoms with Crippen LogP contribution in [0.15, 0.2) is 86.4 Å². The van der Waals surface area contributed by atoms with E-state index in [1.807, 2.05) is 19.1 Å². The Morgan fingerprint density at radius 1 is 1.09 bits per heavy atom. The van der Waals surface area contributed by atoms with Gasteiger partial charge in [0.25, 0.3) is 5.71 Å². The second kappa shape index (κ2) is 13.5. The number of nitrogens with one attached hydrogen (secondary N) is 2. The number of thioether (sulfide) groups is 2. The van der Waals surface area contributed by atoms with Gasteiger partial charge in [-0.25, -0.2) is 9.79 Å². The molecule has 0 saturated carbocycles. The van der Waals surface area contributed by atoms with Crippen molar-refractivity contribution in [1.29, 1.82) is 5.41 Å². The van der Waals surface area contributed by atoms with Gasteiger partial charge in [-0.2, -0.15) is 12.7 Å². The van der Waals surface area contributed by atoms with Crippen LogP contribution < -0.4 is 34.0 Å². The number of benzene rings is 3. The van der Waals surface area contributed by atoms with E-state index in [1.54, 1.807) is 30.5 Å². The molecular weight excluding hydrogens is 643 g/mol. The van der Waals surface area contributed by atoms with Crippen LogP contribution in [0.1, 0.15) is 5.56 Å². The number of amides is 2. The topological polar surface area (TPSA) is 242 Å². The number of sulfonamides is 1. The molecule has 3 aromatic rings. The Hall–Kier alpha value is -4.32. The molecular formula is C27H30N9O4S4+. The predicted molar refractivity (Wildman–Crippen MR) is 180 cm³/mol. The molecule has 0 fully saturated rings. The first-order chi connectivity index (χ1) is 20.8. The number of anilines is 2. The Kier molecular flexibility index (Phi) is 10.0. The number of primary amides is 1. The summed E-state index contributed by atoms with van der Waals surface area (Å²) in [4.78, 5) is 16.3. The van der Waals surface area contributed by atoms with Crippen molar-refractivity contribution in [1.82, 2.24) is 0 Å². The van der Waals surface area contributed by atoms with Gasteiger partial charge in [0, 0.05) is 23.0 Å². The first kappa shape index (κ1) is 32.6. The van der Waals surface area contributed by atoms with Crippen molar-refractivity contribution in [2.24, 2.45) is 27.9 Å². The maximum Gasteiger partial charge on any atom is 0.440 e. The molecule has 1 aliphatic heterocycles. The average molecular weight is 673 g/mol. The van der Waals surface area contributed by atoms with Crippen molar-refractivity contribution in [2.75, 3.05) is 17.3 Å². The second-order valence-corrected chi connectivity index (χ2v) is 14.2. The number of hydrogen-bond donors (Lipinski definition) is 7. The number of nitrogens with two attached hydrogens (primary N) is 5. The zero-order chi connectivity index (χ0) is 32.2. The number of guanidine groups is 1. The summed E-state index contributed by atoms with van der Waals surface area (Å²) in [5.41, 5.74) is 32.1. The summed E-state index contributed by atoms with van der Waals surface area (Å²) in [7, 11) is -4.37. The van der Waals surface area contributed by atoms with E-state index in [2.05, 4.69) is 10.3 Å². The molecule has 1 aliphatic rings. The molecule has 0 spiro atoms. The summed E-state index contributed by atoms with van der Waals surface area (Å²) < 4.78 is 34.4. The molecule has 0 radical (unpaired) electrons. The number of aryl methyl sites for hydroxylation is 1.